The second-order valence-electron chi connectivity index (χ2n) is 4.33. The molecule has 0 aliphatic rings. The number of amides is 1. The van der Waals surface area contributed by atoms with Crippen molar-refractivity contribution in [1.29, 1.82) is 0 Å². The van der Waals surface area contributed by atoms with Crippen molar-refractivity contribution in [2.75, 3.05) is 6.61 Å². The highest BCUT2D eigenvalue weighted by atomic mass is 79.9. The average Bonchev–Trinajstić information content (AvgIpc) is 2.59. The van der Waals surface area contributed by atoms with E-state index in [1.165, 1.54) is 0 Å². The van der Waals surface area contributed by atoms with Crippen LogP contribution in [-0.2, 0) is 6.54 Å². The van der Waals surface area contributed by atoms with Gasteiger partial charge in [-0.1, -0.05) is 0 Å². The number of aliphatic hydroxyl groups excluding tert-OH is 1. The highest BCUT2D eigenvalue weighted by molar-refractivity contribution is 9.10. The normalized spacial score (nSPS) is 11.6. The van der Waals surface area contributed by atoms with Gasteiger partial charge in [0.25, 0.3) is 5.91 Å². The number of hydrogen-bond donors (Lipinski definition) is 2. The second kappa shape index (κ2) is 5.01. The van der Waals surface area contributed by atoms with Gasteiger partial charge in [0.2, 0.25) is 0 Å². The smallest absolute Gasteiger partial charge is 0.268 e. The summed E-state index contributed by atoms with van der Waals surface area (Å²) in [5, 5.41) is 11.9. The Balaban J connectivity index is 2.88. The van der Waals surface area contributed by atoms with Gasteiger partial charge >= 0.3 is 0 Å². The molecule has 1 amide bonds. The fraction of sp³-hybridized carbons (Fsp3) is 0.545. The van der Waals surface area contributed by atoms with Gasteiger partial charge in [-0.2, -0.15) is 0 Å². The summed E-state index contributed by atoms with van der Waals surface area (Å²) in [6.07, 6.45) is 1.86. The molecule has 0 aliphatic heterocycles. The largest absolute Gasteiger partial charge is 0.394 e. The van der Waals surface area contributed by atoms with Crippen LogP contribution in [0.3, 0.4) is 0 Å². The van der Waals surface area contributed by atoms with E-state index in [-0.39, 0.29) is 12.5 Å². The molecular weight excluding hydrogens is 272 g/mol. The summed E-state index contributed by atoms with van der Waals surface area (Å²) < 4.78 is 2.73. The van der Waals surface area contributed by atoms with E-state index in [9.17, 15) is 4.79 Å². The molecule has 2 N–H and O–H groups in total. The zero-order chi connectivity index (χ0) is 12.3. The first-order valence-corrected chi connectivity index (χ1v) is 5.98. The lowest BCUT2D eigenvalue weighted by Gasteiger charge is -2.23. The monoisotopic (exact) mass is 288 g/mol. The predicted molar refractivity (Wildman–Crippen MR) is 66.4 cm³/mol. The van der Waals surface area contributed by atoms with Crippen molar-refractivity contribution < 1.29 is 9.90 Å². The summed E-state index contributed by atoms with van der Waals surface area (Å²) in [4.78, 5) is 11.9. The molecule has 1 aromatic rings. The van der Waals surface area contributed by atoms with E-state index in [0.29, 0.717) is 5.69 Å². The van der Waals surface area contributed by atoms with Crippen LogP contribution < -0.4 is 5.32 Å². The van der Waals surface area contributed by atoms with Gasteiger partial charge in [-0.25, -0.2) is 0 Å². The van der Waals surface area contributed by atoms with Crippen molar-refractivity contribution >= 4 is 21.8 Å². The number of carbonyl (C=O) groups is 1. The number of nitrogens with zero attached hydrogens (tertiary/aromatic N) is 1. The van der Waals surface area contributed by atoms with Gasteiger partial charge in [0, 0.05) is 17.2 Å². The van der Waals surface area contributed by atoms with Crippen molar-refractivity contribution in [2.24, 2.45) is 0 Å². The van der Waals surface area contributed by atoms with E-state index in [2.05, 4.69) is 21.2 Å². The molecule has 0 radical (unpaired) electrons. The Morgan fingerprint density at radius 1 is 1.62 bits per heavy atom. The standard InChI is InChI=1S/C11H17BrN2O2/c1-4-14-6-8(12)5-9(14)10(16)13-11(2,3)7-15/h5-6,15H,4,7H2,1-3H3,(H,13,16). The van der Waals surface area contributed by atoms with Gasteiger partial charge in [-0.15, -0.1) is 0 Å². The van der Waals surface area contributed by atoms with Crippen LogP contribution in [0, 0.1) is 0 Å². The van der Waals surface area contributed by atoms with E-state index in [4.69, 9.17) is 5.11 Å². The summed E-state index contributed by atoms with van der Waals surface area (Å²) in [5.41, 5.74) is -0.0113. The maximum Gasteiger partial charge on any atom is 0.268 e. The number of hydrogen-bond acceptors (Lipinski definition) is 2. The van der Waals surface area contributed by atoms with Gasteiger partial charge < -0.3 is 15.0 Å². The van der Waals surface area contributed by atoms with Crippen LogP contribution in [-0.4, -0.2) is 27.7 Å². The van der Waals surface area contributed by atoms with Crippen LogP contribution in [0.2, 0.25) is 0 Å². The topological polar surface area (TPSA) is 54.3 Å². The molecule has 0 saturated carbocycles. The fourth-order valence-electron chi connectivity index (χ4n) is 1.34. The lowest BCUT2D eigenvalue weighted by molar-refractivity contribution is 0.0860. The SMILES string of the molecule is CCn1cc(Br)cc1C(=O)NC(C)(C)CO. The number of aryl methyl sites for hydroxylation is 1. The molecule has 1 heterocycles. The first-order chi connectivity index (χ1) is 7.39. The third kappa shape index (κ3) is 3.09. The molecule has 0 saturated heterocycles. The minimum Gasteiger partial charge on any atom is -0.394 e. The number of nitrogens with one attached hydrogen (secondary N) is 1. The van der Waals surface area contributed by atoms with Gasteiger partial charge in [0.15, 0.2) is 0 Å². The van der Waals surface area contributed by atoms with Crippen molar-refractivity contribution in [3.05, 3.63) is 22.4 Å². The Morgan fingerprint density at radius 3 is 2.75 bits per heavy atom. The van der Waals surface area contributed by atoms with Crippen LogP contribution in [0.25, 0.3) is 0 Å². The second-order valence-corrected chi connectivity index (χ2v) is 5.24. The number of carbonyl (C=O) groups excluding carboxylic acids is 1. The maximum atomic E-state index is 11.9. The van der Waals surface area contributed by atoms with Gasteiger partial charge in [0.1, 0.15) is 5.69 Å². The maximum absolute atomic E-state index is 11.9. The zero-order valence-corrected chi connectivity index (χ0v) is 11.3. The Morgan fingerprint density at radius 2 is 2.25 bits per heavy atom. The molecule has 0 aliphatic carbocycles. The first-order valence-electron chi connectivity index (χ1n) is 5.18. The summed E-state index contributed by atoms with van der Waals surface area (Å²) in [7, 11) is 0. The molecular formula is C11H17BrN2O2. The van der Waals surface area contributed by atoms with Gasteiger partial charge in [-0.3, -0.25) is 4.79 Å². The predicted octanol–water partition coefficient (Wildman–Crippen LogP) is 1.77. The number of rotatable bonds is 4. The molecule has 0 unspecified atom stereocenters. The molecule has 0 fully saturated rings. The van der Waals surface area contributed by atoms with E-state index in [1.54, 1.807) is 19.9 Å². The molecule has 0 spiro atoms. The van der Waals surface area contributed by atoms with Crippen LogP contribution in [0.15, 0.2) is 16.7 Å². The molecule has 4 nitrogen and oxygen atoms in total. The third-order valence-corrected chi connectivity index (χ3v) is 2.72. The van der Waals surface area contributed by atoms with Crippen LogP contribution in [0.1, 0.15) is 31.3 Å². The fourth-order valence-corrected chi connectivity index (χ4v) is 1.80. The molecule has 0 aromatic carbocycles. The highest BCUT2D eigenvalue weighted by Gasteiger charge is 2.21. The molecule has 0 bridgehead atoms. The number of aliphatic hydroxyl groups is 1. The van der Waals surface area contributed by atoms with Gasteiger partial charge in [0.05, 0.1) is 12.1 Å². The van der Waals surface area contributed by atoms with Crippen LogP contribution in [0.4, 0.5) is 0 Å². The lowest BCUT2D eigenvalue weighted by atomic mass is 10.1. The zero-order valence-electron chi connectivity index (χ0n) is 9.75. The minimum absolute atomic E-state index is 0.0905. The Hall–Kier alpha value is -0.810. The van der Waals surface area contributed by atoms with Crippen molar-refractivity contribution in [3.63, 3.8) is 0 Å². The number of aromatic nitrogens is 1. The Bertz CT molecular complexity index is 385. The van der Waals surface area contributed by atoms with Crippen molar-refractivity contribution in [3.8, 4) is 0 Å². The summed E-state index contributed by atoms with van der Waals surface area (Å²) in [6.45, 7) is 6.17. The van der Waals surface area contributed by atoms with E-state index >= 15 is 0 Å². The summed E-state index contributed by atoms with van der Waals surface area (Å²) >= 11 is 3.34. The molecule has 16 heavy (non-hydrogen) atoms. The lowest BCUT2D eigenvalue weighted by Crippen LogP contribution is -2.46. The molecule has 1 rings (SSSR count). The Labute approximate surface area is 104 Å². The molecule has 1 aromatic heterocycles. The third-order valence-electron chi connectivity index (χ3n) is 2.28. The van der Waals surface area contributed by atoms with E-state index in [0.717, 1.165) is 11.0 Å². The van der Waals surface area contributed by atoms with E-state index in [1.807, 2.05) is 17.7 Å². The first kappa shape index (κ1) is 13.3. The summed E-state index contributed by atoms with van der Waals surface area (Å²) in [6, 6.07) is 1.77. The van der Waals surface area contributed by atoms with Crippen molar-refractivity contribution in [1.82, 2.24) is 9.88 Å². The minimum atomic E-state index is -0.605. The molecule has 90 valence electrons. The average molecular weight is 289 g/mol. The number of halogens is 1. The quantitative estimate of drug-likeness (QED) is 0.887. The summed E-state index contributed by atoms with van der Waals surface area (Å²) in [5.74, 6) is -0.174. The highest BCUT2D eigenvalue weighted by Crippen LogP contribution is 2.15. The van der Waals surface area contributed by atoms with E-state index < -0.39 is 5.54 Å². The van der Waals surface area contributed by atoms with Crippen molar-refractivity contribution in [2.45, 2.75) is 32.9 Å². The van der Waals surface area contributed by atoms with Crippen LogP contribution in [0.5, 0.6) is 0 Å². The van der Waals surface area contributed by atoms with Gasteiger partial charge in [-0.05, 0) is 42.8 Å². The van der Waals surface area contributed by atoms with Crippen LogP contribution >= 0.6 is 15.9 Å². The molecule has 0 atom stereocenters. The molecule has 5 heteroatoms. The Kier molecular flexibility index (Phi) is 4.15.